The van der Waals surface area contributed by atoms with Gasteiger partial charge in [-0.2, -0.15) is 0 Å². The molecule has 1 aromatic heterocycles. The summed E-state index contributed by atoms with van der Waals surface area (Å²) in [4.78, 5) is 18.7. The third-order valence-electron chi connectivity index (χ3n) is 4.12. The Morgan fingerprint density at radius 3 is 2.67 bits per heavy atom. The molecular formula is C18H18ClF2N3O3. The van der Waals surface area contributed by atoms with Gasteiger partial charge in [0.25, 0.3) is 5.91 Å². The number of rotatable bonds is 5. The molecular weight excluding hydrogens is 380 g/mol. The molecule has 27 heavy (non-hydrogen) atoms. The highest BCUT2D eigenvalue weighted by molar-refractivity contribution is 6.20. The Hall–Kier alpha value is -2.45. The van der Waals surface area contributed by atoms with Crippen molar-refractivity contribution in [2.75, 3.05) is 23.3 Å². The number of aryl methyl sites for hydroxylation is 1. The number of amides is 1. The number of aliphatic hydroxyl groups is 1. The summed E-state index contributed by atoms with van der Waals surface area (Å²) in [5, 5.41) is 12.3. The Labute approximate surface area is 159 Å². The minimum Gasteiger partial charge on any atom is -0.420 e. The van der Waals surface area contributed by atoms with E-state index in [0.717, 1.165) is 17.9 Å². The molecule has 1 amide bonds. The molecule has 0 aliphatic carbocycles. The second kappa shape index (κ2) is 7.66. The van der Waals surface area contributed by atoms with Crippen molar-refractivity contribution in [2.45, 2.75) is 25.0 Å². The number of hydrogen-bond acceptors (Lipinski definition) is 5. The third-order valence-corrected chi connectivity index (χ3v) is 4.20. The van der Waals surface area contributed by atoms with Gasteiger partial charge in [0.05, 0.1) is 11.7 Å². The van der Waals surface area contributed by atoms with Gasteiger partial charge in [-0.15, -0.1) is 8.78 Å². The van der Waals surface area contributed by atoms with Crippen molar-refractivity contribution in [1.29, 1.82) is 0 Å². The van der Waals surface area contributed by atoms with Crippen molar-refractivity contribution in [2.24, 2.45) is 0 Å². The first kappa shape index (κ1) is 19.3. The molecule has 2 aromatic rings. The van der Waals surface area contributed by atoms with E-state index in [0.29, 0.717) is 24.2 Å². The van der Waals surface area contributed by atoms with E-state index in [2.05, 4.69) is 15.0 Å². The molecule has 3 rings (SSSR count). The van der Waals surface area contributed by atoms with Crippen LogP contribution in [0.2, 0.25) is 0 Å². The van der Waals surface area contributed by atoms with E-state index in [4.69, 9.17) is 11.6 Å². The summed E-state index contributed by atoms with van der Waals surface area (Å²) >= 11 is 4.70. The molecule has 6 nitrogen and oxygen atoms in total. The fourth-order valence-electron chi connectivity index (χ4n) is 2.90. The number of alkyl halides is 3. The lowest BCUT2D eigenvalue weighted by atomic mass is 10.2. The summed E-state index contributed by atoms with van der Waals surface area (Å²) in [6.45, 7) is 3.09. The lowest BCUT2D eigenvalue weighted by Crippen LogP contribution is -2.23. The highest BCUT2D eigenvalue weighted by Crippen LogP contribution is 2.26. The maximum absolute atomic E-state index is 12.6. The van der Waals surface area contributed by atoms with Crippen LogP contribution in [0, 0.1) is 6.92 Å². The zero-order chi connectivity index (χ0) is 19.6. The van der Waals surface area contributed by atoms with E-state index in [1.54, 1.807) is 6.07 Å². The van der Waals surface area contributed by atoms with Gasteiger partial charge < -0.3 is 20.1 Å². The second-order valence-corrected chi connectivity index (χ2v) is 6.72. The highest BCUT2D eigenvalue weighted by atomic mass is 35.5. The molecule has 0 saturated carbocycles. The van der Waals surface area contributed by atoms with Crippen LogP contribution in [0.1, 0.15) is 22.3 Å². The molecule has 9 heteroatoms. The fourth-order valence-corrected chi connectivity index (χ4v) is 2.99. The number of nitrogens with one attached hydrogen (secondary N) is 1. The number of benzene rings is 1. The Morgan fingerprint density at radius 1 is 1.41 bits per heavy atom. The summed E-state index contributed by atoms with van der Waals surface area (Å²) in [6, 6.07) is 7.12. The molecule has 0 bridgehead atoms. The molecule has 1 unspecified atom stereocenters. The van der Waals surface area contributed by atoms with E-state index < -0.39 is 5.57 Å². The predicted octanol–water partition coefficient (Wildman–Crippen LogP) is 3.38. The molecule has 2 N–H and O–H groups in total. The van der Waals surface area contributed by atoms with Gasteiger partial charge in [0, 0.05) is 36.6 Å². The van der Waals surface area contributed by atoms with Gasteiger partial charge in [-0.3, -0.25) is 4.79 Å². The molecule has 1 fully saturated rings. The molecule has 1 saturated heterocycles. The van der Waals surface area contributed by atoms with Crippen LogP contribution >= 0.6 is 11.6 Å². The summed E-state index contributed by atoms with van der Waals surface area (Å²) in [5.41, 5.74) is -2.19. The monoisotopic (exact) mass is 397 g/mol. The number of carbonyl (C=O) groups excluding carboxylic acids is 1. The van der Waals surface area contributed by atoms with Gasteiger partial charge >= 0.3 is 5.57 Å². The first-order chi connectivity index (χ1) is 12.7. The zero-order valence-electron chi connectivity index (χ0n) is 14.5. The highest BCUT2D eigenvalue weighted by Gasteiger charge is 2.27. The van der Waals surface area contributed by atoms with Crippen molar-refractivity contribution in [3.8, 4) is 5.75 Å². The first-order valence-corrected chi connectivity index (χ1v) is 8.66. The molecule has 2 heterocycles. The van der Waals surface area contributed by atoms with Gasteiger partial charge in [0.2, 0.25) is 0 Å². The largest absolute Gasteiger partial charge is 0.487 e. The van der Waals surface area contributed by atoms with Crippen molar-refractivity contribution in [3.63, 3.8) is 0 Å². The summed E-state index contributed by atoms with van der Waals surface area (Å²) < 4.78 is 29.4. The molecule has 1 aliphatic heterocycles. The standard InChI is InChI=1S/C18H18ClF2N3O3/c1-11-8-12(9-22-16(11)24-7-6-14(25)10-24)17(26)23-13-2-4-15(5-3-13)27-18(19,20)21/h2-5,8-9,14,25H,6-7,10H2,1H3,(H,23,26). The maximum Gasteiger partial charge on any atom is 0.487 e. The molecule has 144 valence electrons. The number of aromatic nitrogens is 1. The number of halogens is 3. The lowest BCUT2D eigenvalue weighted by molar-refractivity contribution is -0.0964. The Kier molecular flexibility index (Phi) is 5.48. The Balaban J connectivity index is 1.66. The van der Waals surface area contributed by atoms with Gasteiger partial charge in [0.15, 0.2) is 0 Å². The van der Waals surface area contributed by atoms with Crippen LogP contribution in [0.15, 0.2) is 36.5 Å². The SMILES string of the molecule is Cc1cc(C(=O)Nc2ccc(OC(F)(F)Cl)cc2)cnc1N1CCC(O)C1. The van der Waals surface area contributed by atoms with E-state index in [1.807, 2.05) is 11.8 Å². The number of β-amino-alcohol motifs (C(OH)–C–C–N with tert-alkyl or cyclic N) is 1. The lowest BCUT2D eigenvalue weighted by Gasteiger charge is -2.19. The van der Waals surface area contributed by atoms with Crippen LogP contribution in [0.3, 0.4) is 0 Å². The van der Waals surface area contributed by atoms with E-state index >= 15 is 0 Å². The Bertz CT molecular complexity index is 828. The number of nitrogens with zero attached hydrogens (tertiary/aromatic N) is 2. The van der Waals surface area contributed by atoms with E-state index in [9.17, 15) is 18.7 Å². The summed E-state index contributed by atoms with van der Waals surface area (Å²) in [6.07, 6.45) is 1.80. The van der Waals surface area contributed by atoms with Crippen LogP contribution in [0.25, 0.3) is 0 Å². The number of aliphatic hydroxyl groups excluding tert-OH is 1. The number of ether oxygens (including phenoxy) is 1. The molecule has 0 radical (unpaired) electrons. The topological polar surface area (TPSA) is 74.7 Å². The molecule has 1 aliphatic rings. The third kappa shape index (κ3) is 5.05. The molecule has 0 spiro atoms. The number of carbonyl (C=O) groups is 1. The number of anilines is 2. The van der Waals surface area contributed by atoms with Crippen molar-refractivity contribution < 1.29 is 23.4 Å². The fraction of sp³-hybridized carbons (Fsp3) is 0.333. The molecule has 1 aromatic carbocycles. The van der Waals surface area contributed by atoms with Crippen LogP contribution in [0.4, 0.5) is 20.3 Å². The second-order valence-electron chi connectivity index (χ2n) is 6.28. The predicted molar refractivity (Wildman–Crippen MR) is 97.6 cm³/mol. The van der Waals surface area contributed by atoms with Crippen LogP contribution in [0.5, 0.6) is 5.75 Å². The minimum atomic E-state index is -3.79. The van der Waals surface area contributed by atoms with Crippen LogP contribution in [-0.4, -0.2) is 40.8 Å². The van der Waals surface area contributed by atoms with Gasteiger partial charge in [0.1, 0.15) is 11.6 Å². The first-order valence-electron chi connectivity index (χ1n) is 8.28. The summed E-state index contributed by atoms with van der Waals surface area (Å²) in [7, 11) is 0. The average molecular weight is 398 g/mol. The van der Waals surface area contributed by atoms with Crippen molar-refractivity contribution in [1.82, 2.24) is 4.98 Å². The van der Waals surface area contributed by atoms with E-state index in [-0.39, 0.29) is 17.8 Å². The number of hydrogen-bond donors (Lipinski definition) is 2. The van der Waals surface area contributed by atoms with Gasteiger partial charge in [-0.1, -0.05) is 0 Å². The van der Waals surface area contributed by atoms with Gasteiger partial charge in [-0.25, -0.2) is 4.98 Å². The normalized spacial score (nSPS) is 17.1. The van der Waals surface area contributed by atoms with Gasteiger partial charge in [-0.05, 0) is 49.2 Å². The molecule has 1 atom stereocenters. The average Bonchev–Trinajstić information content (AvgIpc) is 3.01. The number of pyridine rings is 1. The van der Waals surface area contributed by atoms with Crippen molar-refractivity contribution in [3.05, 3.63) is 47.7 Å². The van der Waals surface area contributed by atoms with Crippen molar-refractivity contribution >= 4 is 29.0 Å². The maximum atomic E-state index is 12.6. The van der Waals surface area contributed by atoms with Crippen LogP contribution in [-0.2, 0) is 0 Å². The smallest absolute Gasteiger partial charge is 0.420 e. The summed E-state index contributed by atoms with van der Waals surface area (Å²) in [5.74, 6) is 0.240. The zero-order valence-corrected chi connectivity index (χ0v) is 15.2. The minimum absolute atomic E-state index is 0.123. The quantitative estimate of drug-likeness (QED) is 0.756. The van der Waals surface area contributed by atoms with Crippen LogP contribution < -0.4 is 15.0 Å². The Morgan fingerprint density at radius 2 is 2.11 bits per heavy atom. The van der Waals surface area contributed by atoms with E-state index in [1.165, 1.54) is 30.5 Å².